The van der Waals surface area contributed by atoms with Crippen LogP contribution in [-0.4, -0.2) is 27.8 Å². The Morgan fingerprint density at radius 2 is 1.86 bits per heavy atom. The van der Waals surface area contributed by atoms with Gasteiger partial charge in [-0.3, -0.25) is 4.72 Å². The number of benzene rings is 1. The summed E-state index contributed by atoms with van der Waals surface area (Å²) in [6, 6.07) is 8.85. The van der Waals surface area contributed by atoms with E-state index in [0.29, 0.717) is 12.2 Å². The zero-order chi connectivity index (χ0) is 10.4. The third-order valence-electron chi connectivity index (χ3n) is 1.67. The smallest absolute Gasteiger partial charge is 0.233 e. The van der Waals surface area contributed by atoms with E-state index in [2.05, 4.69) is 10.0 Å². The zero-order valence-corrected chi connectivity index (χ0v) is 8.84. The molecule has 0 aliphatic heterocycles. The van der Waals surface area contributed by atoms with Crippen molar-refractivity contribution < 1.29 is 8.42 Å². The van der Waals surface area contributed by atoms with E-state index < -0.39 is 10.0 Å². The molecular formula is C9H14N2O2S. The molecule has 0 heterocycles. The van der Waals surface area contributed by atoms with Gasteiger partial charge in [0, 0.05) is 12.2 Å². The molecule has 2 N–H and O–H groups in total. The minimum atomic E-state index is -3.21. The van der Waals surface area contributed by atoms with Crippen molar-refractivity contribution in [3.8, 4) is 0 Å². The van der Waals surface area contributed by atoms with Crippen LogP contribution in [0.25, 0.3) is 0 Å². The van der Waals surface area contributed by atoms with Gasteiger partial charge in [-0.1, -0.05) is 18.2 Å². The van der Waals surface area contributed by atoms with E-state index in [9.17, 15) is 8.42 Å². The van der Waals surface area contributed by atoms with Crippen molar-refractivity contribution in [3.63, 3.8) is 0 Å². The monoisotopic (exact) mass is 214 g/mol. The maximum absolute atomic E-state index is 11.4. The molecule has 0 saturated heterocycles. The van der Waals surface area contributed by atoms with Crippen molar-refractivity contribution in [1.29, 1.82) is 0 Å². The average Bonchev–Trinajstić information content (AvgIpc) is 2.16. The highest BCUT2D eigenvalue weighted by Gasteiger charge is 2.08. The summed E-state index contributed by atoms with van der Waals surface area (Å²) in [6.07, 6.45) is 0. The van der Waals surface area contributed by atoms with Gasteiger partial charge in [-0.15, -0.1) is 0 Å². The number of rotatable bonds is 5. The predicted molar refractivity (Wildman–Crippen MR) is 57.8 cm³/mol. The molecule has 0 aliphatic carbocycles. The highest BCUT2D eigenvalue weighted by atomic mass is 32.2. The summed E-state index contributed by atoms with van der Waals surface area (Å²) in [5, 5.41) is 2.79. The number of hydrogen-bond acceptors (Lipinski definition) is 3. The number of nitrogens with one attached hydrogen (secondary N) is 2. The first kappa shape index (κ1) is 11.0. The van der Waals surface area contributed by atoms with Crippen LogP contribution in [0.2, 0.25) is 0 Å². The average molecular weight is 214 g/mol. The maximum atomic E-state index is 11.4. The molecule has 0 fully saturated rings. The standard InChI is InChI=1S/C9H14N2O2S/c1-10-7-8-14(12,13)11-9-5-3-2-4-6-9/h2-6,10-11H,7-8H2,1H3. The fourth-order valence-corrected chi connectivity index (χ4v) is 2.04. The van der Waals surface area contributed by atoms with E-state index in [1.807, 2.05) is 6.07 Å². The number of sulfonamides is 1. The topological polar surface area (TPSA) is 58.2 Å². The normalized spacial score (nSPS) is 11.2. The molecule has 0 unspecified atom stereocenters. The summed E-state index contributed by atoms with van der Waals surface area (Å²) in [5.41, 5.74) is 0.601. The van der Waals surface area contributed by atoms with Gasteiger partial charge in [0.2, 0.25) is 10.0 Å². The summed E-state index contributed by atoms with van der Waals surface area (Å²) >= 11 is 0. The summed E-state index contributed by atoms with van der Waals surface area (Å²) in [7, 11) is -1.49. The lowest BCUT2D eigenvalue weighted by Gasteiger charge is -2.06. The molecule has 5 heteroatoms. The van der Waals surface area contributed by atoms with Crippen LogP contribution in [0, 0.1) is 0 Å². The maximum Gasteiger partial charge on any atom is 0.233 e. The van der Waals surface area contributed by atoms with Gasteiger partial charge in [0.1, 0.15) is 0 Å². The van der Waals surface area contributed by atoms with Crippen molar-refractivity contribution in [2.75, 3.05) is 24.1 Å². The highest BCUT2D eigenvalue weighted by molar-refractivity contribution is 7.92. The van der Waals surface area contributed by atoms with Crippen LogP contribution in [0.15, 0.2) is 30.3 Å². The first-order valence-electron chi connectivity index (χ1n) is 4.34. The fourth-order valence-electron chi connectivity index (χ4n) is 0.973. The quantitative estimate of drug-likeness (QED) is 0.756. The van der Waals surface area contributed by atoms with Crippen LogP contribution in [0.3, 0.4) is 0 Å². The van der Waals surface area contributed by atoms with Crippen LogP contribution >= 0.6 is 0 Å². The largest absolute Gasteiger partial charge is 0.319 e. The molecule has 1 aromatic rings. The van der Waals surface area contributed by atoms with Gasteiger partial charge in [-0.2, -0.15) is 0 Å². The Morgan fingerprint density at radius 1 is 1.21 bits per heavy atom. The molecule has 14 heavy (non-hydrogen) atoms. The van der Waals surface area contributed by atoms with Crippen molar-refractivity contribution in [2.45, 2.75) is 0 Å². The third kappa shape index (κ3) is 3.76. The predicted octanol–water partition coefficient (Wildman–Crippen LogP) is 0.648. The van der Waals surface area contributed by atoms with E-state index in [4.69, 9.17) is 0 Å². The van der Waals surface area contributed by atoms with Gasteiger partial charge in [0.05, 0.1) is 5.75 Å². The van der Waals surface area contributed by atoms with Gasteiger partial charge in [-0.25, -0.2) is 8.42 Å². The second-order valence-corrected chi connectivity index (χ2v) is 4.73. The Bertz CT molecular complexity index is 362. The van der Waals surface area contributed by atoms with Gasteiger partial charge in [-0.05, 0) is 19.2 Å². The second-order valence-electron chi connectivity index (χ2n) is 2.89. The first-order chi connectivity index (χ1) is 6.64. The Balaban J connectivity index is 2.60. The number of para-hydroxylation sites is 1. The Hall–Kier alpha value is -1.07. The lowest BCUT2D eigenvalue weighted by atomic mass is 10.3. The number of anilines is 1. The molecule has 1 rings (SSSR count). The van der Waals surface area contributed by atoms with E-state index in [1.165, 1.54) is 0 Å². The van der Waals surface area contributed by atoms with E-state index >= 15 is 0 Å². The lowest BCUT2D eigenvalue weighted by molar-refractivity contribution is 0.599. The minimum Gasteiger partial charge on any atom is -0.319 e. The summed E-state index contributed by atoms with van der Waals surface area (Å²) in [6.45, 7) is 0.447. The summed E-state index contributed by atoms with van der Waals surface area (Å²) < 4.78 is 25.3. The SMILES string of the molecule is CNCCS(=O)(=O)Nc1ccccc1. The van der Waals surface area contributed by atoms with E-state index in [-0.39, 0.29) is 5.75 Å². The van der Waals surface area contributed by atoms with E-state index in [1.54, 1.807) is 31.3 Å². The fraction of sp³-hybridized carbons (Fsp3) is 0.333. The molecule has 0 amide bonds. The van der Waals surface area contributed by atoms with Crippen LogP contribution in [0.1, 0.15) is 0 Å². The Labute approximate surface area is 84.4 Å². The second kappa shape index (κ2) is 4.97. The van der Waals surface area contributed by atoms with Crippen LogP contribution in [-0.2, 0) is 10.0 Å². The molecule has 0 bridgehead atoms. The minimum absolute atomic E-state index is 0.0817. The highest BCUT2D eigenvalue weighted by Crippen LogP contribution is 2.07. The van der Waals surface area contributed by atoms with Crippen LogP contribution in [0.4, 0.5) is 5.69 Å². The van der Waals surface area contributed by atoms with Crippen molar-refractivity contribution >= 4 is 15.7 Å². The van der Waals surface area contributed by atoms with Gasteiger partial charge in [0.25, 0.3) is 0 Å². The molecule has 0 spiro atoms. The third-order valence-corrected chi connectivity index (χ3v) is 2.96. The molecular weight excluding hydrogens is 200 g/mol. The molecule has 4 nitrogen and oxygen atoms in total. The molecule has 1 aromatic carbocycles. The van der Waals surface area contributed by atoms with E-state index in [0.717, 1.165) is 0 Å². The van der Waals surface area contributed by atoms with Crippen LogP contribution in [0.5, 0.6) is 0 Å². The Kier molecular flexibility index (Phi) is 3.91. The molecule has 78 valence electrons. The van der Waals surface area contributed by atoms with Gasteiger partial charge in [0.15, 0.2) is 0 Å². The van der Waals surface area contributed by atoms with Crippen molar-refractivity contribution in [3.05, 3.63) is 30.3 Å². The molecule has 0 atom stereocenters. The first-order valence-corrected chi connectivity index (χ1v) is 5.99. The lowest BCUT2D eigenvalue weighted by Crippen LogP contribution is -2.24. The molecule has 0 aromatic heterocycles. The summed E-state index contributed by atoms with van der Waals surface area (Å²) in [5.74, 6) is 0.0817. The van der Waals surface area contributed by atoms with Gasteiger partial charge >= 0.3 is 0 Å². The number of hydrogen-bond donors (Lipinski definition) is 2. The molecule has 0 saturated carbocycles. The summed E-state index contributed by atoms with van der Waals surface area (Å²) in [4.78, 5) is 0. The van der Waals surface area contributed by atoms with Crippen molar-refractivity contribution in [2.24, 2.45) is 0 Å². The Morgan fingerprint density at radius 3 is 2.43 bits per heavy atom. The van der Waals surface area contributed by atoms with Crippen LogP contribution < -0.4 is 10.0 Å². The van der Waals surface area contributed by atoms with Crippen molar-refractivity contribution in [1.82, 2.24) is 5.32 Å². The van der Waals surface area contributed by atoms with Gasteiger partial charge < -0.3 is 5.32 Å². The molecule has 0 radical (unpaired) electrons. The molecule has 0 aliphatic rings. The zero-order valence-electron chi connectivity index (χ0n) is 8.03.